The highest BCUT2D eigenvalue weighted by molar-refractivity contribution is 7.20. The van der Waals surface area contributed by atoms with Crippen LogP contribution in [0.4, 0.5) is 5.13 Å². The third-order valence-electron chi connectivity index (χ3n) is 3.71. The second kappa shape index (κ2) is 6.12. The maximum atomic E-state index is 12.0. The molecule has 0 saturated carbocycles. The Balaban J connectivity index is 1.48. The van der Waals surface area contributed by atoms with Crippen LogP contribution in [0, 0.1) is 0 Å². The van der Waals surface area contributed by atoms with Crippen molar-refractivity contribution in [2.24, 2.45) is 0 Å². The fourth-order valence-electron chi connectivity index (χ4n) is 2.47. The summed E-state index contributed by atoms with van der Waals surface area (Å²) in [6.07, 6.45) is 0.599. The van der Waals surface area contributed by atoms with Gasteiger partial charge in [-0.3, -0.25) is 4.79 Å². The minimum Gasteiger partial charge on any atom is -0.486 e. The van der Waals surface area contributed by atoms with Gasteiger partial charge in [0.05, 0.1) is 6.54 Å². The van der Waals surface area contributed by atoms with Gasteiger partial charge in [0.1, 0.15) is 12.7 Å². The van der Waals surface area contributed by atoms with Gasteiger partial charge in [-0.25, -0.2) is 4.98 Å². The van der Waals surface area contributed by atoms with E-state index in [9.17, 15) is 4.79 Å². The molecule has 1 aromatic carbocycles. The average molecular weight is 344 g/mol. The van der Waals surface area contributed by atoms with E-state index < -0.39 is 0 Å². The van der Waals surface area contributed by atoms with E-state index in [1.165, 1.54) is 21.9 Å². The molecule has 3 aromatic rings. The first-order valence-electron chi connectivity index (χ1n) is 7.75. The number of aryl methyl sites for hydroxylation is 1. The fraction of sp³-hybridized carbons (Fsp3) is 0.312. The van der Waals surface area contributed by atoms with Gasteiger partial charge < -0.3 is 14.8 Å². The van der Waals surface area contributed by atoms with Crippen molar-refractivity contribution in [2.75, 3.05) is 18.5 Å². The minimum atomic E-state index is -0.160. The first kappa shape index (κ1) is 14.9. The molecule has 1 aliphatic heterocycles. The molecule has 0 aliphatic carbocycles. The molecule has 2 aromatic heterocycles. The van der Waals surface area contributed by atoms with Gasteiger partial charge in [0.25, 0.3) is 5.56 Å². The Hall–Kier alpha value is -2.61. The third-order valence-corrected chi connectivity index (χ3v) is 4.57. The zero-order valence-electron chi connectivity index (χ0n) is 13.1. The van der Waals surface area contributed by atoms with E-state index in [1.54, 1.807) is 0 Å². The standard InChI is InChI=1S/C16H16N4O3S/c1-2-10-7-14(21)20-16(18-10)24-15(19-20)17-8-11-9-22-12-5-3-4-6-13(12)23-11/h3-7,11H,2,8-9H2,1H3,(H,17,19). The van der Waals surface area contributed by atoms with Crippen LogP contribution in [-0.2, 0) is 6.42 Å². The van der Waals surface area contributed by atoms with E-state index in [1.807, 2.05) is 31.2 Å². The molecule has 24 heavy (non-hydrogen) atoms. The summed E-state index contributed by atoms with van der Waals surface area (Å²) < 4.78 is 12.9. The first-order valence-corrected chi connectivity index (χ1v) is 8.56. The molecule has 8 heteroatoms. The van der Waals surface area contributed by atoms with Gasteiger partial charge in [-0.15, -0.1) is 5.10 Å². The lowest BCUT2D eigenvalue weighted by molar-refractivity contribution is 0.0997. The highest BCUT2D eigenvalue weighted by Crippen LogP contribution is 2.31. The van der Waals surface area contributed by atoms with Crippen LogP contribution in [0.1, 0.15) is 12.6 Å². The number of rotatable bonds is 4. The van der Waals surface area contributed by atoms with Crippen molar-refractivity contribution in [1.29, 1.82) is 0 Å². The van der Waals surface area contributed by atoms with Crippen molar-refractivity contribution < 1.29 is 9.47 Å². The molecule has 3 heterocycles. The largest absolute Gasteiger partial charge is 0.486 e. The predicted molar refractivity (Wildman–Crippen MR) is 91.4 cm³/mol. The molecule has 1 N–H and O–H groups in total. The number of benzene rings is 1. The molecule has 0 bridgehead atoms. The van der Waals surface area contributed by atoms with Crippen LogP contribution in [-0.4, -0.2) is 33.9 Å². The molecule has 0 amide bonds. The van der Waals surface area contributed by atoms with E-state index in [-0.39, 0.29) is 11.7 Å². The van der Waals surface area contributed by atoms with Crippen LogP contribution in [0.3, 0.4) is 0 Å². The SMILES string of the molecule is CCc1cc(=O)n2nc(NCC3COc4ccccc4O3)sc2n1. The smallest absolute Gasteiger partial charge is 0.275 e. The number of hydrogen-bond donors (Lipinski definition) is 1. The van der Waals surface area contributed by atoms with Crippen molar-refractivity contribution >= 4 is 21.4 Å². The highest BCUT2D eigenvalue weighted by Gasteiger charge is 2.21. The van der Waals surface area contributed by atoms with Crippen molar-refractivity contribution in [1.82, 2.24) is 14.6 Å². The number of para-hydroxylation sites is 2. The van der Waals surface area contributed by atoms with Gasteiger partial charge >= 0.3 is 0 Å². The minimum absolute atomic E-state index is 0.122. The molecule has 7 nitrogen and oxygen atoms in total. The van der Waals surface area contributed by atoms with Crippen molar-refractivity contribution in [3.05, 3.63) is 46.4 Å². The van der Waals surface area contributed by atoms with Crippen LogP contribution >= 0.6 is 11.3 Å². The van der Waals surface area contributed by atoms with Crippen LogP contribution in [0.5, 0.6) is 11.5 Å². The van der Waals surface area contributed by atoms with Crippen LogP contribution in [0.2, 0.25) is 0 Å². The maximum Gasteiger partial charge on any atom is 0.275 e. The molecular formula is C16H16N4O3S. The Morgan fingerprint density at radius 1 is 1.38 bits per heavy atom. The lowest BCUT2D eigenvalue weighted by Gasteiger charge is -2.26. The van der Waals surface area contributed by atoms with Gasteiger partial charge in [-0.05, 0) is 18.6 Å². The Morgan fingerprint density at radius 2 is 2.21 bits per heavy atom. The van der Waals surface area contributed by atoms with Crippen LogP contribution in [0.25, 0.3) is 4.96 Å². The molecule has 4 rings (SSSR count). The summed E-state index contributed by atoms with van der Waals surface area (Å²) in [6, 6.07) is 9.11. The number of hydrogen-bond acceptors (Lipinski definition) is 7. The second-order valence-corrected chi connectivity index (χ2v) is 6.38. The number of aromatic nitrogens is 3. The normalized spacial score (nSPS) is 16.3. The van der Waals surface area contributed by atoms with E-state index in [0.717, 1.165) is 23.6 Å². The zero-order chi connectivity index (χ0) is 16.5. The van der Waals surface area contributed by atoms with Crippen molar-refractivity contribution in [3.63, 3.8) is 0 Å². The summed E-state index contributed by atoms with van der Waals surface area (Å²) >= 11 is 1.35. The average Bonchev–Trinajstić information content (AvgIpc) is 3.03. The van der Waals surface area contributed by atoms with E-state index >= 15 is 0 Å². The molecule has 0 spiro atoms. The summed E-state index contributed by atoms with van der Waals surface area (Å²) in [5, 5.41) is 8.11. The quantitative estimate of drug-likeness (QED) is 0.780. The lowest BCUT2D eigenvalue weighted by Crippen LogP contribution is -2.35. The number of anilines is 1. The summed E-state index contributed by atoms with van der Waals surface area (Å²) in [7, 11) is 0. The molecule has 0 fully saturated rings. The lowest BCUT2D eigenvalue weighted by atomic mass is 10.2. The number of nitrogens with zero attached hydrogens (tertiary/aromatic N) is 3. The molecule has 0 saturated heterocycles. The van der Waals surface area contributed by atoms with Gasteiger partial charge in [0.15, 0.2) is 11.5 Å². The van der Waals surface area contributed by atoms with Crippen molar-refractivity contribution in [3.8, 4) is 11.5 Å². The molecule has 124 valence electrons. The summed E-state index contributed by atoms with van der Waals surface area (Å²) in [6.45, 7) is 2.97. The van der Waals surface area contributed by atoms with Crippen LogP contribution < -0.4 is 20.3 Å². The Bertz CT molecular complexity index is 936. The zero-order valence-corrected chi connectivity index (χ0v) is 13.9. The Labute approximate surface area is 141 Å². The molecule has 0 radical (unpaired) electrons. The summed E-state index contributed by atoms with van der Waals surface area (Å²) in [5.41, 5.74) is 0.614. The Kier molecular flexibility index (Phi) is 3.81. The number of fused-ring (bicyclic) bond motifs is 2. The maximum absolute atomic E-state index is 12.0. The second-order valence-electron chi connectivity index (χ2n) is 5.42. The predicted octanol–water partition coefficient (Wildman–Crippen LogP) is 1.97. The van der Waals surface area contributed by atoms with Crippen LogP contribution in [0.15, 0.2) is 35.1 Å². The molecule has 1 atom stereocenters. The van der Waals surface area contributed by atoms with E-state index in [0.29, 0.717) is 23.2 Å². The number of ether oxygens (including phenoxy) is 2. The summed E-state index contributed by atoms with van der Waals surface area (Å²) in [4.78, 5) is 17.0. The molecule has 1 unspecified atom stereocenters. The van der Waals surface area contributed by atoms with Gasteiger partial charge in [-0.2, -0.15) is 4.52 Å². The monoisotopic (exact) mass is 344 g/mol. The molecule has 1 aliphatic rings. The first-order chi connectivity index (χ1) is 11.7. The number of nitrogens with one attached hydrogen (secondary N) is 1. The fourth-order valence-corrected chi connectivity index (χ4v) is 3.30. The van der Waals surface area contributed by atoms with E-state index in [2.05, 4.69) is 15.4 Å². The Morgan fingerprint density at radius 3 is 3.04 bits per heavy atom. The summed E-state index contributed by atoms with van der Waals surface area (Å²) in [5.74, 6) is 1.50. The van der Waals surface area contributed by atoms with Gasteiger partial charge in [0.2, 0.25) is 10.1 Å². The third kappa shape index (κ3) is 2.80. The van der Waals surface area contributed by atoms with Gasteiger partial charge in [-0.1, -0.05) is 30.4 Å². The topological polar surface area (TPSA) is 77.8 Å². The van der Waals surface area contributed by atoms with E-state index in [4.69, 9.17) is 9.47 Å². The molecular weight excluding hydrogens is 328 g/mol. The van der Waals surface area contributed by atoms with Crippen molar-refractivity contribution in [2.45, 2.75) is 19.4 Å². The highest BCUT2D eigenvalue weighted by atomic mass is 32.1. The van der Waals surface area contributed by atoms with Gasteiger partial charge in [0, 0.05) is 11.8 Å².